The Morgan fingerprint density at radius 1 is 1.23 bits per heavy atom. The number of ether oxygens (including phenoxy) is 2. The third-order valence-electron chi connectivity index (χ3n) is 5.84. The molecule has 15 nitrogen and oxygen atoms in total. The molecule has 0 radical (unpaired) electrons. The number of halogens is 2. The molecule has 2 aromatic heterocycles. The number of nitrogen functional groups attached to an aromatic ring is 1. The topological polar surface area (TPSA) is 199 Å². The number of benzene rings is 3. The lowest BCUT2D eigenvalue weighted by molar-refractivity contribution is -0.384. The van der Waals surface area contributed by atoms with E-state index in [-0.39, 0.29) is 40.9 Å². The molecule has 218 valence electrons. The van der Waals surface area contributed by atoms with Crippen LogP contribution in [-0.4, -0.2) is 49.5 Å². The quantitative estimate of drug-likeness (QED) is 0.120. The molecule has 5 rings (SSSR count). The highest BCUT2D eigenvalue weighted by atomic mass is 79.9. The molecule has 2 heterocycles. The fourth-order valence-electron chi connectivity index (χ4n) is 3.86. The van der Waals surface area contributed by atoms with Gasteiger partial charge < -0.3 is 15.2 Å². The summed E-state index contributed by atoms with van der Waals surface area (Å²) < 4.78 is 17.8. The second-order valence-corrected chi connectivity index (χ2v) is 9.92. The molecule has 5 aromatic rings. The van der Waals surface area contributed by atoms with E-state index in [1.807, 2.05) is 12.1 Å². The highest BCUT2D eigenvalue weighted by molar-refractivity contribution is 9.10. The van der Waals surface area contributed by atoms with Gasteiger partial charge in [-0.25, -0.2) is 10.1 Å². The zero-order valence-corrected chi connectivity index (χ0v) is 24.3. The largest absolute Gasteiger partial charge is 0.493 e. The van der Waals surface area contributed by atoms with Crippen molar-refractivity contribution in [2.24, 2.45) is 5.10 Å². The minimum Gasteiger partial charge on any atom is -0.493 e. The van der Waals surface area contributed by atoms with Crippen LogP contribution in [-0.2, 0) is 6.61 Å². The highest BCUT2D eigenvalue weighted by Gasteiger charge is 2.26. The first kappa shape index (κ1) is 29.2. The van der Waals surface area contributed by atoms with Gasteiger partial charge in [0, 0.05) is 22.7 Å². The van der Waals surface area contributed by atoms with Crippen LogP contribution >= 0.6 is 27.5 Å². The van der Waals surface area contributed by atoms with E-state index in [0.29, 0.717) is 26.6 Å². The van der Waals surface area contributed by atoms with E-state index in [1.54, 1.807) is 24.3 Å². The van der Waals surface area contributed by atoms with E-state index in [2.05, 4.69) is 51.7 Å². The third-order valence-corrected chi connectivity index (χ3v) is 6.68. The number of hydrogen-bond donors (Lipinski definition) is 2. The SMILES string of the molecule is COc1cc(/C=N\NC(=O)c2nnn(-c3nonc3N)c2-c2cccc([N+](=O)[O-])c2)cc(Br)c1OCc1ccc(Cl)cc1. The molecule has 0 unspecified atom stereocenters. The number of aromatic nitrogens is 5. The summed E-state index contributed by atoms with van der Waals surface area (Å²) in [4.78, 5) is 24.0. The van der Waals surface area contributed by atoms with E-state index in [1.165, 1.54) is 37.6 Å². The van der Waals surface area contributed by atoms with Gasteiger partial charge in [-0.1, -0.05) is 41.1 Å². The van der Waals surface area contributed by atoms with E-state index in [4.69, 9.17) is 26.8 Å². The molecule has 43 heavy (non-hydrogen) atoms. The van der Waals surface area contributed by atoms with E-state index in [0.717, 1.165) is 10.2 Å². The highest BCUT2D eigenvalue weighted by Crippen LogP contribution is 2.37. The van der Waals surface area contributed by atoms with Gasteiger partial charge in [0.25, 0.3) is 11.6 Å². The lowest BCUT2D eigenvalue weighted by atomic mass is 10.1. The normalized spacial score (nSPS) is 11.0. The molecule has 0 aliphatic carbocycles. The Kier molecular flexibility index (Phi) is 8.59. The Morgan fingerprint density at radius 2 is 2.02 bits per heavy atom. The van der Waals surface area contributed by atoms with Crippen LogP contribution in [0.25, 0.3) is 17.1 Å². The van der Waals surface area contributed by atoms with Crippen LogP contribution in [0.1, 0.15) is 21.6 Å². The van der Waals surface area contributed by atoms with Crippen LogP contribution in [0.3, 0.4) is 0 Å². The molecule has 3 N–H and O–H groups in total. The van der Waals surface area contributed by atoms with Crippen LogP contribution in [0.5, 0.6) is 11.5 Å². The molecule has 0 fully saturated rings. The lowest BCUT2D eigenvalue weighted by Gasteiger charge is -2.13. The number of anilines is 1. The van der Waals surface area contributed by atoms with Crippen molar-refractivity contribution in [3.05, 3.63) is 97.1 Å². The fourth-order valence-corrected chi connectivity index (χ4v) is 4.56. The fraction of sp³-hybridized carbons (Fsp3) is 0.0769. The van der Waals surface area contributed by atoms with Gasteiger partial charge in [0.15, 0.2) is 17.2 Å². The maximum absolute atomic E-state index is 13.2. The summed E-state index contributed by atoms with van der Waals surface area (Å²) >= 11 is 9.43. The summed E-state index contributed by atoms with van der Waals surface area (Å²) in [7, 11) is 1.50. The number of nitrogens with two attached hydrogens (primary N) is 1. The predicted molar refractivity (Wildman–Crippen MR) is 157 cm³/mol. The van der Waals surface area contributed by atoms with Crippen molar-refractivity contribution in [2.45, 2.75) is 6.61 Å². The molecule has 0 bridgehead atoms. The van der Waals surface area contributed by atoms with Gasteiger partial charge in [0.05, 0.1) is 22.7 Å². The molecule has 0 aliphatic rings. The second kappa shape index (κ2) is 12.7. The minimum absolute atomic E-state index is 0.0467. The van der Waals surface area contributed by atoms with Gasteiger partial charge in [-0.3, -0.25) is 14.9 Å². The first-order valence-corrected chi connectivity index (χ1v) is 13.3. The molecular formula is C26H19BrClN9O6. The molecule has 17 heteroatoms. The van der Waals surface area contributed by atoms with Crippen LogP contribution in [0.4, 0.5) is 11.5 Å². The number of hydrogen-bond acceptors (Lipinski definition) is 12. The number of carbonyl (C=O) groups excluding carboxylic acids is 1. The maximum atomic E-state index is 13.2. The number of methoxy groups -OCH3 is 1. The van der Waals surface area contributed by atoms with Gasteiger partial charge >= 0.3 is 0 Å². The zero-order chi connectivity index (χ0) is 30.5. The van der Waals surface area contributed by atoms with Crippen molar-refractivity contribution < 1.29 is 23.8 Å². The number of amides is 1. The standard InChI is InChI=1S/C26H19BrClN9O6/c1-41-20-10-15(9-19(27)23(20)42-13-14-5-7-17(28)8-6-14)12-30-32-26(38)21-22(16-3-2-4-18(11-16)37(39)40)36(35-31-21)25-24(29)33-43-34-25/h2-12H,13H2,1H3,(H2,29,33)(H,32,38)/b30-12-. The van der Waals surface area contributed by atoms with Crippen LogP contribution in [0.2, 0.25) is 5.02 Å². The number of rotatable bonds is 10. The Hall–Kier alpha value is -5.35. The molecule has 0 atom stereocenters. The lowest BCUT2D eigenvalue weighted by Crippen LogP contribution is -2.19. The summed E-state index contributed by atoms with van der Waals surface area (Å²) in [5.74, 6) is -0.0779. The van der Waals surface area contributed by atoms with Crippen molar-refractivity contribution in [3.8, 4) is 28.6 Å². The van der Waals surface area contributed by atoms with Gasteiger partial charge in [0.2, 0.25) is 11.6 Å². The molecule has 1 amide bonds. The third kappa shape index (κ3) is 6.44. The van der Waals surface area contributed by atoms with Crippen LogP contribution in [0, 0.1) is 10.1 Å². The summed E-state index contributed by atoms with van der Waals surface area (Å²) in [5, 5.41) is 31.1. The zero-order valence-electron chi connectivity index (χ0n) is 22.0. The number of non-ortho nitro benzene ring substituents is 1. The summed E-state index contributed by atoms with van der Waals surface area (Å²) in [6, 6.07) is 16.2. The number of carbonyl (C=O) groups is 1. The number of hydrazone groups is 1. The van der Waals surface area contributed by atoms with Crippen molar-refractivity contribution in [2.75, 3.05) is 12.8 Å². The Bertz CT molecular complexity index is 1840. The van der Waals surface area contributed by atoms with Crippen LogP contribution < -0.4 is 20.6 Å². The van der Waals surface area contributed by atoms with Crippen molar-refractivity contribution in [1.29, 1.82) is 0 Å². The Morgan fingerprint density at radius 3 is 2.72 bits per heavy atom. The molecule has 0 aliphatic heterocycles. The van der Waals surface area contributed by atoms with Crippen molar-refractivity contribution in [3.63, 3.8) is 0 Å². The number of nitro benzene ring substituents is 1. The number of nitrogens with one attached hydrogen (secondary N) is 1. The number of nitro groups is 1. The van der Waals surface area contributed by atoms with Gasteiger partial charge in [-0.2, -0.15) is 9.78 Å². The summed E-state index contributed by atoms with van der Waals surface area (Å²) in [6.07, 6.45) is 1.38. The van der Waals surface area contributed by atoms with Crippen molar-refractivity contribution in [1.82, 2.24) is 30.7 Å². The molecule has 0 saturated heterocycles. The predicted octanol–water partition coefficient (Wildman–Crippen LogP) is 4.58. The second-order valence-electron chi connectivity index (χ2n) is 8.63. The van der Waals surface area contributed by atoms with E-state index >= 15 is 0 Å². The summed E-state index contributed by atoms with van der Waals surface area (Å²) in [5.41, 5.74) is 9.51. The van der Waals surface area contributed by atoms with Gasteiger partial charge in [-0.05, 0) is 61.6 Å². The minimum atomic E-state index is -0.770. The molecule has 0 spiro atoms. The molecule has 0 saturated carbocycles. The maximum Gasteiger partial charge on any atom is 0.294 e. The van der Waals surface area contributed by atoms with Crippen LogP contribution in [0.15, 0.2) is 74.9 Å². The Labute approximate surface area is 255 Å². The summed E-state index contributed by atoms with van der Waals surface area (Å²) in [6.45, 7) is 0.277. The first-order chi connectivity index (χ1) is 20.7. The van der Waals surface area contributed by atoms with Crippen molar-refractivity contribution >= 4 is 51.2 Å². The molecular weight excluding hydrogens is 650 g/mol. The van der Waals surface area contributed by atoms with E-state index in [9.17, 15) is 14.9 Å². The van der Waals surface area contributed by atoms with E-state index < -0.39 is 10.8 Å². The van der Waals surface area contributed by atoms with Gasteiger partial charge in [0.1, 0.15) is 12.3 Å². The average molecular weight is 669 g/mol. The molecule has 3 aromatic carbocycles. The van der Waals surface area contributed by atoms with Gasteiger partial charge in [-0.15, -0.1) is 5.10 Å². The smallest absolute Gasteiger partial charge is 0.294 e. The number of nitrogens with zero attached hydrogens (tertiary/aromatic N) is 7. The monoisotopic (exact) mass is 667 g/mol. The Balaban J connectivity index is 1.38. The first-order valence-electron chi connectivity index (χ1n) is 12.1. The average Bonchev–Trinajstić information content (AvgIpc) is 3.63.